The molecule has 0 fully saturated rings. The highest BCUT2D eigenvalue weighted by molar-refractivity contribution is 7.89. The molecule has 0 aliphatic heterocycles. The predicted octanol–water partition coefficient (Wildman–Crippen LogP) is 2.42. The molecule has 130 valence electrons. The van der Waals surface area contributed by atoms with Crippen LogP contribution in [0.3, 0.4) is 0 Å². The summed E-state index contributed by atoms with van der Waals surface area (Å²) in [5.74, 6) is -0.0795. The number of rotatable bonds is 7. The largest absolute Gasteiger partial charge is 0.497 e. The monoisotopic (exact) mass is 352 g/mol. The van der Waals surface area contributed by atoms with Crippen molar-refractivity contribution in [1.29, 1.82) is 0 Å². The van der Waals surface area contributed by atoms with Crippen LogP contribution in [0.5, 0.6) is 5.75 Å². The first-order valence-electron chi connectivity index (χ1n) is 7.39. The molecule has 0 radical (unpaired) electrons. The Balaban J connectivity index is 2.21. The molecule has 7 heteroatoms. The molecule has 1 atom stereocenters. The van der Waals surface area contributed by atoms with Crippen molar-refractivity contribution in [3.05, 3.63) is 59.9 Å². The lowest BCUT2D eigenvalue weighted by Gasteiger charge is -2.25. The molecule has 0 saturated carbocycles. The van der Waals surface area contributed by atoms with Crippen LogP contribution >= 0.6 is 0 Å². The molecule has 5 nitrogen and oxygen atoms in total. The Morgan fingerprint density at radius 3 is 2.50 bits per heavy atom. The van der Waals surface area contributed by atoms with Crippen LogP contribution in [0.2, 0.25) is 0 Å². The molecule has 1 N–H and O–H groups in total. The fourth-order valence-electron chi connectivity index (χ4n) is 2.38. The van der Waals surface area contributed by atoms with Crippen molar-refractivity contribution in [2.24, 2.45) is 0 Å². The van der Waals surface area contributed by atoms with Gasteiger partial charge in [-0.1, -0.05) is 24.3 Å². The summed E-state index contributed by atoms with van der Waals surface area (Å²) in [5.41, 5.74) is 0.899. The van der Waals surface area contributed by atoms with Gasteiger partial charge in [0.25, 0.3) is 0 Å². The number of likely N-dealkylation sites (N-methyl/N-ethyl adjacent to an activating group) is 1. The second-order valence-electron chi connectivity index (χ2n) is 5.54. The van der Waals surface area contributed by atoms with Gasteiger partial charge in [-0.2, -0.15) is 0 Å². The van der Waals surface area contributed by atoms with Gasteiger partial charge in [0.05, 0.1) is 7.11 Å². The first-order chi connectivity index (χ1) is 11.3. The highest BCUT2D eigenvalue weighted by Crippen LogP contribution is 2.23. The first-order valence-corrected chi connectivity index (χ1v) is 8.88. The average Bonchev–Trinajstić information content (AvgIpc) is 2.55. The topological polar surface area (TPSA) is 58.6 Å². The van der Waals surface area contributed by atoms with E-state index in [9.17, 15) is 12.8 Å². The van der Waals surface area contributed by atoms with E-state index in [2.05, 4.69) is 4.72 Å². The Morgan fingerprint density at radius 2 is 1.88 bits per heavy atom. The Morgan fingerprint density at radius 1 is 1.17 bits per heavy atom. The summed E-state index contributed by atoms with van der Waals surface area (Å²) in [6.07, 6.45) is 0. The number of benzene rings is 2. The number of sulfonamides is 1. The number of nitrogens with zero attached hydrogens (tertiary/aromatic N) is 1. The third-order valence-corrected chi connectivity index (χ3v) is 5.15. The minimum Gasteiger partial charge on any atom is -0.497 e. The van der Waals surface area contributed by atoms with Gasteiger partial charge < -0.3 is 9.64 Å². The lowest BCUT2D eigenvalue weighted by Crippen LogP contribution is -2.34. The normalized spacial score (nSPS) is 13.0. The average molecular weight is 352 g/mol. The van der Waals surface area contributed by atoms with Crippen LogP contribution in [0.25, 0.3) is 0 Å². The number of methoxy groups -OCH3 is 1. The second kappa shape index (κ2) is 7.74. The van der Waals surface area contributed by atoms with Crippen molar-refractivity contribution in [1.82, 2.24) is 9.62 Å². The van der Waals surface area contributed by atoms with Crippen molar-refractivity contribution in [3.8, 4) is 5.75 Å². The lowest BCUT2D eigenvalue weighted by atomic mass is 10.1. The van der Waals surface area contributed by atoms with E-state index in [1.165, 1.54) is 18.2 Å². The van der Waals surface area contributed by atoms with E-state index in [4.69, 9.17) is 4.74 Å². The SMILES string of the molecule is COc1cccc([C@H](CNS(=O)(=O)c2ccccc2F)N(C)C)c1. The molecular weight excluding hydrogens is 331 g/mol. The minimum absolute atomic E-state index is 0.108. The maximum Gasteiger partial charge on any atom is 0.243 e. The van der Waals surface area contributed by atoms with Gasteiger partial charge in [0.2, 0.25) is 10.0 Å². The van der Waals surface area contributed by atoms with Crippen LogP contribution in [0, 0.1) is 5.82 Å². The van der Waals surface area contributed by atoms with Gasteiger partial charge in [-0.3, -0.25) is 0 Å². The highest BCUT2D eigenvalue weighted by atomic mass is 32.2. The van der Waals surface area contributed by atoms with Gasteiger partial charge in [-0.15, -0.1) is 0 Å². The Hall–Kier alpha value is -1.96. The molecule has 0 bridgehead atoms. The molecule has 0 unspecified atom stereocenters. The van der Waals surface area contributed by atoms with Gasteiger partial charge in [-0.05, 0) is 43.9 Å². The highest BCUT2D eigenvalue weighted by Gasteiger charge is 2.22. The summed E-state index contributed by atoms with van der Waals surface area (Å²) in [6.45, 7) is 0.108. The van der Waals surface area contributed by atoms with Gasteiger partial charge in [0, 0.05) is 12.6 Å². The third-order valence-electron chi connectivity index (χ3n) is 3.69. The van der Waals surface area contributed by atoms with E-state index in [0.29, 0.717) is 5.75 Å². The molecule has 0 aromatic heterocycles. The Bertz CT molecular complexity index is 794. The van der Waals surface area contributed by atoms with Crippen molar-refractivity contribution in [2.45, 2.75) is 10.9 Å². The zero-order chi connectivity index (χ0) is 17.7. The quantitative estimate of drug-likeness (QED) is 0.831. The number of halogens is 1. The summed E-state index contributed by atoms with van der Waals surface area (Å²) >= 11 is 0. The molecule has 0 saturated heterocycles. The number of ether oxygens (including phenoxy) is 1. The van der Waals surface area contributed by atoms with E-state index < -0.39 is 15.8 Å². The van der Waals surface area contributed by atoms with Crippen LogP contribution in [0.4, 0.5) is 4.39 Å². The van der Waals surface area contributed by atoms with Gasteiger partial charge >= 0.3 is 0 Å². The van der Waals surface area contributed by atoms with Crippen LogP contribution in [0.1, 0.15) is 11.6 Å². The second-order valence-corrected chi connectivity index (χ2v) is 7.27. The van der Waals surface area contributed by atoms with Crippen molar-refractivity contribution in [2.75, 3.05) is 27.7 Å². The van der Waals surface area contributed by atoms with Crippen molar-refractivity contribution >= 4 is 10.0 Å². The summed E-state index contributed by atoms with van der Waals surface area (Å²) in [6, 6.07) is 12.5. The number of hydrogen-bond donors (Lipinski definition) is 1. The van der Waals surface area contributed by atoms with E-state index in [0.717, 1.165) is 11.6 Å². The molecule has 2 aromatic carbocycles. The van der Waals surface area contributed by atoms with Crippen LogP contribution < -0.4 is 9.46 Å². The molecule has 2 rings (SSSR count). The van der Waals surface area contributed by atoms with Gasteiger partial charge in [0.1, 0.15) is 16.5 Å². The maximum absolute atomic E-state index is 13.7. The standard InChI is InChI=1S/C17H21FN2O3S/c1-20(2)16(13-7-6-8-14(11-13)23-3)12-19-24(21,22)17-10-5-4-9-15(17)18/h4-11,16,19H,12H2,1-3H3/t16-/m0/s1. The van der Waals surface area contributed by atoms with E-state index in [-0.39, 0.29) is 17.5 Å². The fraction of sp³-hybridized carbons (Fsp3) is 0.294. The van der Waals surface area contributed by atoms with E-state index in [1.54, 1.807) is 7.11 Å². The molecular formula is C17H21FN2O3S. The fourth-order valence-corrected chi connectivity index (χ4v) is 3.49. The molecule has 0 aliphatic carbocycles. The molecule has 0 heterocycles. The number of nitrogens with one attached hydrogen (secondary N) is 1. The van der Waals surface area contributed by atoms with Gasteiger partial charge in [-0.25, -0.2) is 17.5 Å². The maximum atomic E-state index is 13.7. The number of hydrogen-bond acceptors (Lipinski definition) is 4. The molecule has 2 aromatic rings. The Kier molecular flexibility index (Phi) is 5.93. The molecule has 24 heavy (non-hydrogen) atoms. The van der Waals surface area contributed by atoms with Crippen molar-refractivity contribution in [3.63, 3.8) is 0 Å². The van der Waals surface area contributed by atoms with Crippen molar-refractivity contribution < 1.29 is 17.5 Å². The summed E-state index contributed by atoms with van der Waals surface area (Å²) in [5, 5.41) is 0. The molecule has 0 aliphatic rings. The van der Waals surface area contributed by atoms with E-state index >= 15 is 0 Å². The molecule has 0 amide bonds. The zero-order valence-corrected chi connectivity index (χ0v) is 14.7. The zero-order valence-electron chi connectivity index (χ0n) is 13.9. The third kappa shape index (κ3) is 4.31. The lowest BCUT2D eigenvalue weighted by molar-refractivity contribution is 0.298. The van der Waals surface area contributed by atoms with E-state index in [1.807, 2.05) is 43.3 Å². The minimum atomic E-state index is -3.93. The van der Waals surface area contributed by atoms with Crippen LogP contribution in [0.15, 0.2) is 53.4 Å². The predicted molar refractivity (Wildman–Crippen MR) is 91.0 cm³/mol. The van der Waals surface area contributed by atoms with Crippen LogP contribution in [-0.4, -0.2) is 41.1 Å². The summed E-state index contributed by atoms with van der Waals surface area (Å²) in [7, 11) is 1.35. The summed E-state index contributed by atoms with van der Waals surface area (Å²) < 4.78 is 46.1. The van der Waals surface area contributed by atoms with Gasteiger partial charge in [0.15, 0.2) is 0 Å². The first kappa shape index (κ1) is 18.4. The summed E-state index contributed by atoms with van der Waals surface area (Å²) in [4.78, 5) is 1.53. The smallest absolute Gasteiger partial charge is 0.243 e. The van der Waals surface area contributed by atoms with Crippen LogP contribution in [-0.2, 0) is 10.0 Å². The Labute approximate surface area is 142 Å². The molecule has 0 spiro atoms.